The quantitative estimate of drug-likeness (QED) is 0.733. The highest BCUT2D eigenvalue weighted by Crippen LogP contribution is 2.35. The predicted molar refractivity (Wildman–Crippen MR) is 90.3 cm³/mol. The largest absolute Gasteiger partial charge is 0.276 e. The van der Waals surface area contributed by atoms with Gasteiger partial charge in [-0.2, -0.15) is 10.4 Å². The van der Waals surface area contributed by atoms with Crippen molar-refractivity contribution in [1.82, 2.24) is 9.78 Å². The summed E-state index contributed by atoms with van der Waals surface area (Å²) in [7, 11) is -4.08. The molecule has 1 N–H and O–H groups in total. The Morgan fingerprint density at radius 1 is 1.40 bits per heavy atom. The number of thiophene rings is 1. The monoisotopic (exact) mass is 382 g/mol. The Kier molecular flexibility index (Phi) is 4.45. The second-order valence-electron chi connectivity index (χ2n) is 5.19. The van der Waals surface area contributed by atoms with Gasteiger partial charge in [0.05, 0.1) is 17.6 Å². The number of aromatic nitrogens is 2. The number of fused-ring (bicyclic) bond motifs is 1. The first-order valence-corrected chi connectivity index (χ1v) is 9.38. The minimum absolute atomic E-state index is 0.0614. The number of rotatable bonds is 5. The lowest BCUT2D eigenvalue weighted by Gasteiger charge is -2.08. The van der Waals surface area contributed by atoms with Crippen LogP contribution in [0.2, 0.25) is 0 Å². The van der Waals surface area contributed by atoms with Gasteiger partial charge in [0.25, 0.3) is 16.4 Å². The molecule has 10 heteroatoms. The number of anilines is 1. The van der Waals surface area contributed by atoms with Crippen molar-refractivity contribution in [3.05, 3.63) is 41.0 Å². The molecule has 0 radical (unpaired) electrons. The SMILES string of the molecule is Cc1c(NS(=O)(=O)c2c(C#N)sc3ccccc23)cnn1CC(F)F. The van der Waals surface area contributed by atoms with Crippen LogP contribution < -0.4 is 4.72 Å². The fraction of sp³-hybridized carbons (Fsp3) is 0.200. The molecular weight excluding hydrogens is 370 g/mol. The highest BCUT2D eigenvalue weighted by atomic mass is 32.2. The van der Waals surface area contributed by atoms with Gasteiger partial charge in [-0.3, -0.25) is 9.40 Å². The molecule has 0 fully saturated rings. The van der Waals surface area contributed by atoms with E-state index in [4.69, 9.17) is 0 Å². The van der Waals surface area contributed by atoms with Crippen LogP contribution in [0.25, 0.3) is 10.1 Å². The number of hydrogen-bond donors (Lipinski definition) is 1. The first-order valence-electron chi connectivity index (χ1n) is 7.08. The number of sulfonamides is 1. The van der Waals surface area contributed by atoms with Crippen molar-refractivity contribution < 1.29 is 17.2 Å². The number of hydrogen-bond acceptors (Lipinski definition) is 5. The summed E-state index contributed by atoms with van der Waals surface area (Å²) >= 11 is 1.08. The number of nitrogens with zero attached hydrogens (tertiary/aromatic N) is 3. The lowest BCUT2D eigenvalue weighted by Crippen LogP contribution is -2.15. The Balaban J connectivity index is 2.04. The van der Waals surface area contributed by atoms with E-state index in [9.17, 15) is 22.5 Å². The van der Waals surface area contributed by atoms with E-state index in [1.54, 1.807) is 24.3 Å². The highest BCUT2D eigenvalue weighted by Gasteiger charge is 2.26. The second-order valence-corrected chi connectivity index (χ2v) is 7.86. The van der Waals surface area contributed by atoms with E-state index < -0.39 is 23.0 Å². The Morgan fingerprint density at radius 3 is 2.80 bits per heavy atom. The van der Waals surface area contributed by atoms with Crippen molar-refractivity contribution in [2.75, 3.05) is 4.72 Å². The van der Waals surface area contributed by atoms with E-state index in [1.165, 1.54) is 13.1 Å². The Labute approximate surface area is 146 Å². The molecule has 0 aliphatic heterocycles. The van der Waals surface area contributed by atoms with Crippen molar-refractivity contribution in [3.63, 3.8) is 0 Å². The van der Waals surface area contributed by atoms with Gasteiger partial charge in [-0.1, -0.05) is 18.2 Å². The van der Waals surface area contributed by atoms with Gasteiger partial charge < -0.3 is 0 Å². The van der Waals surface area contributed by atoms with Gasteiger partial charge in [0.1, 0.15) is 22.4 Å². The standard InChI is InChI=1S/C15H12F2N4O2S2/c1-9-11(7-19-21(9)8-14(16)17)20-25(22,23)15-10-4-2-3-5-12(10)24-13(15)6-18/h2-5,7,14,20H,8H2,1H3. The van der Waals surface area contributed by atoms with Gasteiger partial charge in [-0.05, 0) is 13.0 Å². The fourth-order valence-electron chi connectivity index (χ4n) is 2.42. The molecule has 2 aromatic heterocycles. The van der Waals surface area contributed by atoms with Gasteiger partial charge in [-0.25, -0.2) is 17.2 Å². The summed E-state index contributed by atoms with van der Waals surface area (Å²) in [6.45, 7) is 0.864. The summed E-state index contributed by atoms with van der Waals surface area (Å²) in [4.78, 5) is -0.0528. The van der Waals surface area contributed by atoms with Crippen molar-refractivity contribution in [2.24, 2.45) is 0 Å². The first-order chi connectivity index (χ1) is 11.8. The van der Waals surface area contributed by atoms with Gasteiger partial charge in [0.2, 0.25) is 0 Å². The summed E-state index contributed by atoms with van der Waals surface area (Å²) in [6, 6.07) is 8.68. The normalized spacial score (nSPS) is 11.8. The highest BCUT2D eigenvalue weighted by molar-refractivity contribution is 7.93. The topological polar surface area (TPSA) is 87.8 Å². The summed E-state index contributed by atoms with van der Waals surface area (Å²) < 4.78 is 54.7. The lowest BCUT2D eigenvalue weighted by atomic mass is 10.2. The molecule has 3 rings (SSSR count). The molecule has 0 saturated heterocycles. The number of benzene rings is 1. The van der Waals surface area contributed by atoms with Gasteiger partial charge in [-0.15, -0.1) is 11.3 Å². The number of alkyl halides is 2. The average Bonchev–Trinajstić information content (AvgIpc) is 3.09. The summed E-state index contributed by atoms with van der Waals surface area (Å²) in [6.07, 6.45) is -1.43. The maximum Gasteiger partial charge on any atom is 0.264 e. The molecular formula is C15H12F2N4O2S2. The van der Waals surface area contributed by atoms with Crippen molar-refractivity contribution >= 4 is 37.1 Å². The third kappa shape index (κ3) is 3.20. The van der Waals surface area contributed by atoms with Crippen LogP contribution in [0.1, 0.15) is 10.6 Å². The van der Waals surface area contributed by atoms with Crippen LogP contribution in [0.5, 0.6) is 0 Å². The van der Waals surface area contributed by atoms with Crippen LogP contribution in [0, 0.1) is 18.3 Å². The molecule has 0 spiro atoms. The second kappa shape index (κ2) is 6.42. The van der Waals surface area contributed by atoms with E-state index >= 15 is 0 Å². The van der Waals surface area contributed by atoms with E-state index in [-0.39, 0.29) is 21.2 Å². The third-order valence-corrected chi connectivity index (χ3v) is 6.23. The van der Waals surface area contributed by atoms with Crippen LogP contribution in [0.4, 0.5) is 14.5 Å². The van der Waals surface area contributed by atoms with Crippen LogP contribution in [-0.2, 0) is 16.6 Å². The Bertz CT molecular complexity index is 1080. The molecule has 3 aromatic rings. The maximum atomic E-state index is 12.8. The molecule has 0 unspecified atom stereocenters. The third-order valence-electron chi connectivity index (χ3n) is 3.58. The minimum Gasteiger partial charge on any atom is -0.276 e. The Morgan fingerprint density at radius 2 is 2.12 bits per heavy atom. The number of halogens is 2. The van der Waals surface area contributed by atoms with Crippen LogP contribution in [0.3, 0.4) is 0 Å². The van der Waals surface area contributed by atoms with Crippen molar-refractivity contribution in [1.29, 1.82) is 5.26 Å². The molecule has 130 valence electrons. The molecule has 6 nitrogen and oxygen atoms in total. The molecule has 0 atom stereocenters. The molecule has 0 aliphatic carbocycles. The zero-order valence-electron chi connectivity index (χ0n) is 12.9. The zero-order chi connectivity index (χ0) is 18.2. The predicted octanol–water partition coefficient (Wildman–Crippen LogP) is 3.34. The van der Waals surface area contributed by atoms with Crippen LogP contribution >= 0.6 is 11.3 Å². The molecule has 0 saturated carbocycles. The van der Waals surface area contributed by atoms with E-state index in [2.05, 4.69) is 9.82 Å². The number of nitriles is 1. The zero-order valence-corrected chi connectivity index (χ0v) is 14.5. The Hall–Kier alpha value is -2.51. The molecule has 0 aliphatic rings. The smallest absolute Gasteiger partial charge is 0.264 e. The van der Waals surface area contributed by atoms with Gasteiger partial charge >= 0.3 is 0 Å². The van der Waals surface area contributed by atoms with Gasteiger partial charge in [0.15, 0.2) is 0 Å². The van der Waals surface area contributed by atoms with E-state index in [1.807, 2.05) is 6.07 Å². The van der Waals surface area contributed by atoms with E-state index in [0.29, 0.717) is 10.1 Å². The summed E-state index contributed by atoms with van der Waals surface area (Å²) in [5.41, 5.74) is 0.363. The van der Waals surface area contributed by atoms with E-state index in [0.717, 1.165) is 16.0 Å². The molecule has 2 heterocycles. The maximum absolute atomic E-state index is 12.8. The number of nitrogens with one attached hydrogen (secondary N) is 1. The first kappa shape index (κ1) is 17.3. The average molecular weight is 382 g/mol. The molecule has 1 aromatic carbocycles. The summed E-state index contributed by atoms with van der Waals surface area (Å²) in [5, 5.41) is 13.5. The molecule has 0 bridgehead atoms. The molecule has 0 amide bonds. The lowest BCUT2D eigenvalue weighted by molar-refractivity contribution is 0.121. The van der Waals surface area contributed by atoms with Crippen LogP contribution in [-0.4, -0.2) is 24.6 Å². The van der Waals surface area contributed by atoms with Gasteiger partial charge in [0, 0.05) is 10.1 Å². The fourth-order valence-corrected chi connectivity index (χ4v) is 5.18. The minimum atomic E-state index is -4.08. The van der Waals surface area contributed by atoms with Crippen molar-refractivity contribution in [2.45, 2.75) is 24.8 Å². The van der Waals surface area contributed by atoms with Crippen LogP contribution in [0.15, 0.2) is 35.4 Å². The van der Waals surface area contributed by atoms with Crippen molar-refractivity contribution in [3.8, 4) is 6.07 Å². The molecule has 25 heavy (non-hydrogen) atoms. The summed E-state index contributed by atoms with van der Waals surface area (Å²) in [5.74, 6) is 0.